The predicted molar refractivity (Wildman–Crippen MR) is 87.0 cm³/mol. The first-order chi connectivity index (χ1) is 11.6. The molecule has 0 amide bonds. The first kappa shape index (κ1) is 14.8. The summed E-state index contributed by atoms with van der Waals surface area (Å²) in [5, 5.41) is 3.92. The molecular weight excluding hydrogens is 309 g/mol. The lowest BCUT2D eigenvalue weighted by Gasteiger charge is -2.08. The molecule has 2 aromatic carbocycles. The minimum absolute atomic E-state index is 0.154. The van der Waals surface area contributed by atoms with Gasteiger partial charge in [-0.25, -0.2) is 4.39 Å². The highest BCUT2D eigenvalue weighted by molar-refractivity contribution is 5.71. The van der Waals surface area contributed by atoms with Crippen molar-refractivity contribution in [1.82, 2.24) is 10.1 Å². The van der Waals surface area contributed by atoms with Gasteiger partial charge in [0.1, 0.15) is 6.10 Å². The highest BCUT2D eigenvalue weighted by atomic mass is 19.1. The third kappa shape index (κ3) is 2.55. The zero-order valence-corrected chi connectivity index (χ0v) is 13.1. The third-order valence-corrected chi connectivity index (χ3v) is 4.10. The van der Waals surface area contributed by atoms with Gasteiger partial charge in [-0.05, 0) is 29.3 Å². The summed E-state index contributed by atoms with van der Waals surface area (Å²) in [6.07, 6.45) is 0.471. The third-order valence-electron chi connectivity index (χ3n) is 4.10. The number of ether oxygens (including phenoxy) is 1. The fraction of sp³-hybridized carbons (Fsp3) is 0.222. The molecule has 6 heteroatoms. The van der Waals surface area contributed by atoms with E-state index >= 15 is 0 Å². The molecule has 0 unspecified atom stereocenters. The fourth-order valence-corrected chi connectivity index (χ4v) is 2.94. The molecule has 0 fully saturated rings. The lowest BCUT2D eigenvalue weighted by atomic mass is 9.99. The van der Waals surface area contributed by atoms with Gasteiger partial charge in [0.15, 0.2) is 11.6 Å². The molecule has 1 aliphatic heterocycles. The van der Waals surface area contributed by atoms with Gasteiger partial charge in [0.05, 0.1) is 0 Å². The van der Waals surface area contributed by atoms with Crippen molar-refractivity contribution in [1.29, 1.82) is 0 Å². The first-order valence-electron chi connectivity index (χ1n) is 7.74. The number of halogens is 1. The summed E-state index contributed by atoms with van der Waals surface area (Å²) in [6.45, 7) is 2.11. The fourth-order valence-electron chi connectivity index (χ4n) is 2.94. The molecule has 0 aliphatic carbocycles. The Morgan fingerprint density at radius 3 is 2.79 bits per heavy atom. The molecular formula is C18H16FN3O2. The van der Waals surface area contributed by atoms with E-state index in [1.807, 2.05) is 30.3 Å². The van der Waals surface area contributed by atoms with Crippen LogP contribution in [0.25, 0.3) is 22.5 Å². The van der Waals surface area contributed by atoms with Crippen LogP contribution in [0.5, 0.6) is 5.75 Å². The summed E-state index contributed by atoms with van der Waals surface area (Å²) in [6, 6.07) is 11.1. The van der Waals surface area contributed by atoms with Gasteiger partial charge in [-0.3, -0.25) is 0 Å². The molecule has 5 nitrogen and oxygen atoms in total. The van der Waals surface area contributed by atoms with Crippen molar-refractivity contribution in [3.05, 3.63) is 53.7 Å². The molecule has 0 saturated carbocycles. The number of hydrogen-bond donors (Lipinski definition) is 1. The molecule has 1 atom stereocenters. The van der Waals surface area contributed by atoms with Crippen LogP contribution >= 0.6 is 0 Å². The van der Waals surface area contributed by atoms with Crippen LogP contribution in [0.15, 0.2) is 40.9 Å². The van der Waals surface area contributed by atoms with E-state index in [9.17, 15) is 4.39 Å². The maximum absolute atomic E-state index is 14.4. The van der Waals surface area contributed by atoms with Crippen molar-refractivity contribution in [2.24, 2.45) is 5.73 Å². The Bertz CT molecular complexity index is 907. The molecule has 122 valence electrons. The highest BCUT2D eigenvalue weighted by Crippen LogP contribution is 2.36. The standard InChI is InChI=1S/C18H16FN3O2/c1-10-21-18(22-24-10)12-4-2-3-11(5-12)13-6-14-7-15(9-20)23-17(14)16(19)8-13/h2-6,8,15H,7,9,20H2,1H3/t15-/m0/s1. The monoisotopic (exact) mass is 325 g/mol. The molecule has 0 spiro atoms. The zero-order chi connectivity index (χ0) is 16.7. The average molecular weight is 325 g/mol. The van der Waals surface area contributed by atoms with Crippen LogP contribution in [0.1, 0.15) is 11.5 Å². The van der Waals surface area contributed by atoms with E-state index in [-0.39, 0.29) is 11.9 Å². The van der Waals surface area contributed by atoms with Crippen molar-refractivity contribution >= 4 is 0 Å². The quantitative estimate of drug-likeness (QED) is 0.801. The molecule has 1 aliphatic rings. The molecule has 0 bridgehead atoms. The number of nitrogens with zero attached hydrogens (tertiary/aromatic N) is 2. The van der Waals surface area contributed by atoms with Crippen LogP contribution in [-0.4, -0.2) is 22.8 Å². The van der Waals surface area contributed by atoms with Gasteiger partial charge >= 0.3 is 0 Å². The minimum atomic E-state index is -0.362. The Balaban J connectivity index is 1.74. The summed E-state index contributed by atoms with van der Waals surface area (Å²) < 4.78 is 24.9. The number of fused-ring (bicyclic) bond motifs is 1. The van der Waals surface area contributed by atoms with Gasteiger partial charge in [0, 0.05) is 31.0 Å². The molecule has 24 heavy (non-hydrogen) atoms. The Morgan fingerprint density at radius 1 is 1.21 bits per heavy atom. The molecule has 2 heterocycles. The van der Waals surface area contributed by atoms with E-state index in [2.05, 4.69) is 10.1 Å². The van der Waals surface area contributed by atoms with Gasteiger partial charge in [0.2, 0.25) is 11.7 Å². The number of nitrogens with two attached hydrogens (primary N) is 1. The summed E-state index contributed by atoms with van der Waals surface area (Å²) in [4.78, 5) is 4.23. The van der Waals surface area contributed by atoms with E-state index in [1.165, 1.54) is 6.07 Å². The Morgan fingerprint density at radius 2 is 2.04 bits per heavy atom. The lowest BCUT2D eigenvalue weighted by Crippen LogP contribution is -2.24. The Kier molecular flexibility index (Phi) is 3.54. The van der Waals surface area contributed by atoms with Crippen LogP contribution in [0.4, 0.5) is 4.39 Å². The van der Waals surface area contributed by atoms with E-state index in [0.29, 0.717) is 30.4 Å². The van der Waals surface area contributed by atoms with E-state index in [1.54, 1.807) is 6.92 Å². The lowest BCUT2D eigenvalue weighted by molar-refractivity contribution is 0.232. The number of benzene rings is 2. The van der Waals surface area contributed by atoms with Crippen LogP contribution in [-0.2, 0) is 6.42 Å². The largest absolute Gasteiger partial charge is 0.485 e. The van der Waals surface area contributed by atoms with Crippen LogP contribution in [0.3, 0.4) is 0 Å². The molecule has 3 aromatic rings. The van der Waals surface area contributed by atoms with Gasteiger partial charge in [0.25, 0.3) is 0 Å². The first-order valence-corrected chi connectivity index (χ1v) is 7.74. The number of aromatic nitrogens is 2. The molecule has 0 radical (unpaired) electrons. The number of aryl methyl sites for hydroxylation is 1. The number of hydrogen-bond acceptors (Lipinski definition) is 5. The van der Waals surface area contributed by atoms with Crippen LogP contribution < -0.4 is 10.5 Å². The van der Waals surface area contributed by atoms with E-state index in [0.717, 1.165) is 22.3 Å². The smallest absolute Gasteiger partial charge is 0.223 e. The van der Waals surface area contributed by atoms with Crippen molar-refractivity contribution in [2.75, 3.05) is 6.54 Å². The molecule has 2 N–H and O–H groups in total. The van der Waals surface area contributed by atoms with Crippen LogP contribution in [0.2, 0.25) is 0 Å². The second-order valence-corrected chi connectivity index (χ2v) is 5.84. The van der Waals surface area contributed by atoms with Crippen LogP contribution in [0, 0.1) is 12.7 Å². The second-order valence-electron chi connectivity index (χ2n) is 5.84. The molecule has 0 saturated heterocycles. The second kappa shape index (κ2) is 5.72. The maximum atomic E-state index is 14.4. The van der Waals surface area contributed by atoms with Gasteiger partial charge in [-0.1, -0.05) is 23.4 Å². The molecule has 4 rings (SSSR count). The summed E-state index contributed by atoms with van der Waals surface area (Å²) in [5.41, 5.74) is 8.97. The van der Waals surface area contributed by atoms with Gasteiger partial charge in [-0.2, -0.15) is 4.98 Å². The van der Waals surface area contributed by atoms with Crippen molar-refractivity contribution in [3.8, 4) is 28.3 Å². The summed E-state index contributed by atoms with van der Waals surface area (Å²) >= 11 is 0. The van der Waals surface area contributed by atoms with Gasteiger partial charge in [-0.15, -0.1) is 0 Å². The normalized spacial score (nSPS) is 16.0. The zero-order valence-electron chi connectivity index (χ0n) is 13.1. The topological polar surface area (TPSA) is 74.2 Å². The summed E-state index contributed by atoms with van der Waals surface area (Å²) in [5.74, 6) is 0.977. The maximum Gasteiger partial charge on any atom is 0.223 e. The van der Waals surface area contributed by atoms with E-state index < -0.39 is 0 Å². The Labute approximate surface area is 138 Å². The molecule has 1 aromatic heterocycles. The highest BCUT2D eigenvalue weighted by Gasteiger charge is 2.25. The summed E-state index contributed by atoms with van der Waals surface area (Å²) in [7, 11) is 0. The van der Waals surface area contributed by atoms with Crippen molar-refractivity contribution in [2.45, 2.75) is 19.4 Å². The predicted octanol–water partition coefficient (Wildman–Crippen LogP) is 3.11. The van der Waals surface area contributed by atoms with Gasteiger partial charge < -0.3 is 15.0 Å². The minimum Gasteiger partial charge on any atom is -0.485 e. The Hall–Kier alpha value is -2.73. The van der Waals surface area contributed by atoms with E-state index in [4.69, 9.17) is 15.0 Å². The van der Waals surface area contributed by atoms with Crippen molar-refractivity contribution < 1.29 is 13.7 Å². The SMILES string of the molecule is Cc1nc(-c2cccc(-c3cc(F)c4c(c3)C[C@@H](CN)O4)c2)no1. The average Bonchev–Trinajstić information content (AvgIpc) is 3.21. The van der Waals surface area contributed by atoms with Crippen molar-refractivity contribution in [3.63, 3.8) is 0 Å². The number of rotatable bonds is 3.